The zero-order valence-electron chi connectivity index (χ0n) is 12.9. The third kappa shape index (κ3) is 3.00. The zero-order valence-corrected chi connectivity index (χ0v) is 13.7. The minimum Gasteiger partial charge on any atom is -0.465 e. The molecule has 9 nitrogen and oxygen atoms in total. The molecular formula is C13H15N5O4S. The second-order valence-electron chi connectivity index (χ2n) is 4.61. The van der Waals surface area contributed by atoms with E-state index in [1.54, 1.807) is 6.92 Å². The number of thioether (sulfide) groups is 1. The first-order chi connectivity index (χ1) is 10.9. The summed E-state index contributed by atoms with van der Waals surface area (Å²) in [5.41, 5.74) is -0.769. The number of ether oxygens (including phenoxy) is 1. The van der Waals surface area contributed by atoms with Crippen LogP contribution in [-0.2, 0) is 30.2 Å². The van der Waals surface area contributed by atoms with Gasteiger partial charge in [0.15, 0.2) is 16.3 Å². The Labute approximate surface area is 135 Å². The predicted molar refractivity (Wildman–Crippen MR) is 83.2 cm³/mol. The number of carbonyl (C=O) groups is 1. The number of carbonyl (C=O) groups excluding carboxylic acids is 1. The molecule has 0 aliphatic rings. The second-order valence-corrected chi connectivity index (χ2v) is 5.55. The van der Waals surface area contributed by atoms with Crippen molar-refractivity contribution in [1.82, 2.24) is 18.7 Å². The fourth-order valence-corrected chi connectivity index (χ4v) is 2.77. The van der Waals surface area contributed by atoms with E-state index in [9.17, 15) is 14.4 Å². The Balaban J connectivity index is 2.74. The van der Waals surface area contributed by atoms with Crippen LogP contribution >= 0.6 is 11.8 Å². The van der Waals surface area contributed by atoms with Gasteiger partial charge in [-0.3, -0.25) is 18.7 Å². The highest BCUT2D eigenvalue weighted by atomic mass is 32.2. The first-order valence-electron chi connectivity index (χ1n) is 6.74. The first-order valence-corrected chi connectivity index (χ1v) is 7.72. The summed E-state index contributed by atoms with van der Waals surface area (Å²) >= 11 is 1.08. The van der Waals surface area contributed by atoms with Gasteiger partial charge in [0, 0.05) is 14.1 Å². The number of aryl methyl sites for hydroxylation is 1. The summed E-state index contributed by atoms with van der Waals surface area (Å²) in [5, 5.41) is 9.05. The number of hydrogen-bond acceptors (Lipinski definition) is 7. The average molecular weight is 337 g/mol. The normalized spacial score (nSPS) is 10.7. The topological polar surface area (TPSA) is 112 Å². The Bertz CT molecular complexity index is 918. The monoisotopic (exact) mass is 337 g/mol. The van der Waals surface area contributed by atoms with E-state index in [-0.39, 0.29) is 30.1 Å². The number of fused-ring (bicyclic) bond motifs is 1. The van der Waals surface area contributed by atoms with Gasteiger partial charge in [0.2, 0.25) is 0 Å². The summed E-state index contributed by atoms with van der Waals surface area (Å²) < 4.78 is 8.47. The highest BCUT2D eigenvalue weighted by Gasteiger charge is 2.21. The van der Waals surface area contributed by atoms with E-state index in [4.69, 9.17) is 10.00 Å². The number of imidazole rings is 1. The van der Waals surface area contributed by atoms with Crippen molar-refractivity contribution in [2.75, 3.05) is 12.4 Å². The minimum atomic E-state index is -0.552. The molecule has 0 aromatic carbocycles. The highest BCUT2D eigenvalue weighted by molar-refractivity contribution is 7.99. The molecule has 2 rings (SSSR count). The molecule has 0 radical (unpaired) electrons. The van der Waals surface area contributed by atoms with Crippen molar-refractivity contribution in [3.05, 3.63) is 20.8 Å². The van der Waals surface area contributed by atoms with Crippen molar-refractivity contribution in [2.24, 2.45) is 14.1 Å². The van der Waals surface area contributed by atoms with Gasteiger partial charge in [-0.2, -0.15) is 5.26 Å². The first kappa shape index (κ1) is 16.8. The maximum atomic E-state index is 12.4. The van der Waals surface area contributed by atoms with Gasteiger partial charge >= 0.3 is 11.7 Å². The molecule has 0 aliphatic heterocycles. The number of hydrogen-bond donors (Lipinski definition) is 0. The molecule has 0 saturated heterocycles. The van der Waals surface area contributed by atoms with Gasteiger partial charge in [-0.05, 0) is 6.92 Å². The van der Waals surface area contributed by atoms with Crippen LogP contribution in [0.4, 0.5) is 0 Å². The van der Waals surface area contributed by atoms with Gasteiger partial charge in [-0.15, -0.1) is 0 Å². The summed E-state index contributed by atoms with van der Waals surface area (Å²) in [7, 11) is 2.85. The Morgan fingerprint density at radius 1 is 1.35 bits per heavy atom. The lowest BCUT2D eigenvalue weighted by Crippen LogP contribution is -2.37. The molecule has 0 atom stereocenters. The van der Waals surface area contributed by atoms with E-state index in [1.807, 2.05) is 6.07 Å². The summed E-state index contributed by atoms with van der Waals surface area (Å²) in [5.74, 6) is -0.429. The summed E-state index contributed by atoms with van der Waals surface area (Å²) in [6.07, 6.45) is 0. The fraction of sp³-hybridized carbons (Fsp3) is 0.462. The molecule has 0 unspecified atom stereocenters. The average Bonchev–Trinajstić information content (AvgIpc) is 2.87. The van der Waals surface area contributed by atoms with E-state index in [2.05, 4.69) is 4.98 Å². The van der Waals surface area contributed by atoms with Crippen molar-refractivity contribution in [3.63, 3.8) is 0 Å². The summed E-state index contributed by atoms with van der Waals surface area (Å²) in [6.45, 7) is 1.67. The lowest BCUT2D eigenvalue weighted by Gasteiger charge is -2.08. The fourth-order valence-electron chi connectivity index (χ4n) is 2.12. The summed E-state index contributed by atoms with van der Waals surface area (Å²) in [6, 6.07) is 1.96. The van der Waals surface area contributed by atoms with Crippen molar-refractivity contribution in [3.8, 4) is 6.07 Å². The van der Waals surface area contributed by atoms with Crippen LogP contribution in [0.1, 0.15) is 6.92 Å². The molecule has 0 amide bonds. The summed E-state index contributed by atoms with van der Waals surface area (Å²) in [4.78, 5) is 40.4. The molecule has 0 spiro atoms. The molecule has 0 aliphatic carbocycles. The third-order valence-electron chi connectivity index (χ3n) is 3.17. The van der Waals surface area contributed by atoms with Crippen molar-refractivity contribution < 1.29 is 9.53 Å². The quantitative estimate of drug-likeness (QED) is 0.539. The van der Waals surface area contributed by atoms with Crippen LogP contribution in [0.15, 0.2) is 14.7 Å². The van der Waals surface area contributed by atoms with E-state index in [0.717, 1.165) is 16.3 Å². The molecule has 2 heterocycles. The maximum Gasteiger partial charge on any atom is 0.332 e. The Hall–Kier alpha value is -2.54. The Morgan fingerprint density at radius 2 is 2.04 bits per heavy atom. The Morgan fingerprint density at radius 3 is 2.65 bits per heavy atom. The van der Waals surface area contributed by atoms with Gasteiger partial charge in [0.25, 0.3) is 5.56 Å². The van der Waals surface area contributed by atoms with E-state index < -0.39 is 17.2 Å². The molecule has 0 saturated carbocycles. The van der Waals surface area contributed by atoms with Crippen molar-refractivity contribution in [2.45, 2.75) is 18.6 Å². The van der Waals surface area contributed by atoms with Crippen LogP contribution in [-0.4, -0.2) is 37.0 Å². The number of aromatic nitrogens is 4. The van der Waals surface area contributed by atoms with Crippen LogP contribution in [0.3, 0.4) is 0 Å². The van der Waals surface area contributed by atoms with E-state index in [1.165, 1.54) is 23.2 Å². The number of nitriles is 1. The molecular weight excluding hydrogens is 322 g/mol. The van der Waals surface area contributed by atoms with Crippen LogP contribution in [0.5, 0.6) is 0 Å². The van der Waals surface area contributed by atoms with Gasteiger partial charge < -0.3 is 9.30 Å². The van der Waals surface area contributed by atoms with E-state index >= 15 is 0 Å². The van der Waals surface area contributed by atoms with Crippen molar-refractivity contribution >= 4 is 28.9 Å². The lowest BCUT2D eigenvalue weighted by atomic mass is 10.5. The third-order valence-corrected chi connectivity index (χ3v) is 4.01. The molecule has 122 valence electrons. The molecule has 2 aromatic rings. The maximum absolute atomic E-state index is 12.4. The Kier molecular flexibility index (Phi) is 4.90. The van der Waals surface area contributed by atoms with Gasteiger partial charge in [0.05, 0.1) is 18.4 Å². The van der Waals surface area contributed by atoms with Gasteiger partial charge in [-0.1, -0.05) is 11.8 Å². The number of rotatable bonds is 5. The molecule has 0 fully saturated rings. The standard InChI is InChI=1S/C13H15N5O4S/c1-4-22-8(19)7-18-9-10(15-12(18)23-6-5-14)16(2)13(21)17(3)11(9)20/h4,6-7H2,1-3H3. The minimum absolute atomic E-state index is 0.0976. The van der Waals surface area contributed by atoms with Crippen molar-refractivity contribution in [1.29, 1.82) is 5.26 Å². The molecule has 10 heteroatoms. The van der Waals surface area contributed by atoms with Gasteiger partial charge in [-0.25, -0.2) is 9.78 Å². The number of esters is 1. The zero-order chi connectivity index (χ0) is 17.1. The lowest BCUT2D eigenvalue weighted by molar-refractivity contribution is -0.143. The van der Waals surface area contributed by atoms with Crippen LogP contribution in [0, 0.1) is 11.3 Å². The largest absolute Gasteiger partial charge is 0.465 e. The van der Waals surface area contributed by atoms with Crippen LogP contribution in [0.2, 0.25) is 0 Å². The second kappa shape index (κ2) is 6.70. The predicted octanol–water partition coefficient (Wildman–Crippen LogP) is -0.388. The van der Waals surface area contributed by atoms with Crippen LogP contribution < -0.4 is 11.2 Å². The molecule has 23 heavy (non-hydrogen) atoms. The number of nitrogens with zero attached hydrogens (tertiary/aromatic N) is 5. The van der Waals surface area contributed by atoms with E-state index in [0.29, 0.717) is 5.16 Å². The van der Waals surface area contributed by atoms with Crippen LogP contribution in [0.25, 0.3) is 11.2 Å². The SMILES string of the molecule is CCOC(=O)Cn1c(SCC#N)nc2c1c(=O)n(C)c(=O)n2C. The highest BCUT2D eigenvalue weighted by Crippen LogP contribution is 2.21. The molecule has 2 aromatic heterocycles. The molecule has 0 N–H and O–H groups in total. The van der Waals surface area contributed by atoms with Gasteiger partial charge in [0.1, 0.15) is 6.54 Å². The molecule has 0 bridgehead atoms. The smallest absolute Gasteiger partial charge is 0.332 e.